The van der Waals surface area contributed by atoms with E-state index in [1.807, 2.05) is 0 Å². The van der Waals surface area contributed by atoms with Crippen molar-refractivity contribution in [3.05, 3.63) is 16.5 Å². The number of hydrogen-bond donors (Lipinski definition) is 0. The summed E-state index contributed by atoms with van der Waals surface area (Å²) in [6, 6.07) is 3.19. The van der Waals surface area contributed by atoms with Crippen LogP contribution < -0.4 is 0 Å². The molecule has 0 aliphatic carbocycles. The molecule has 18 heavy (non-hydrogen) atoms. The lowest BCUT2D eigenvalue weighted by molar-refractivity contribution is 0.118. The molecule has 102 valence electrons. The Kier molecular flexibility index (Phi) is 4.66. The van der Waals surface area contributed by atoms with E-state index in [0.717, 1.165) is 24.2 Å². The van der Waals surface area contributed by atoms with E-state index < -0.39 is 10.0 Å². The highest BCUT2D eigenvalue weighted by Crippen LogP contribution is 2.30. The maximum atomic E-state index is 12.4. The van der Waals surface area contributed by atoms with Gasteiger partial charge in [-0.05, 0) is 30.9 Å². The Morgan fingerprint density at radius 1 is 1.56 bits per heavy atom. The highest BCUT2D eigenvalue weighted by Gasteiger charge is 2.31. The third-order valence-corrected chi connectivity index (χ3v) is 6.59. The number of thiophene rings is 1. The lowest BCUT2D eigenvalue weighted by Crippen LogP contribution is -2.40. The van der Waals surface area contributed by atoms with Gasteiger partial charge < -0.3 is 4.74 Å². The molecule has 7 heteroatoms. The number of nitrogens with zero attached hydrogens (tertiary/aromatic N) is 1. The minimum atomic E-state index is -3.38. The molecule has 1 aliphatic heterocycles. The van der Waals surface area contributed by atoms with Gasteiger partial charge in [-0.25, -0.2) is 8.42 Å². The molecule has 1 unspecified atom stereocenters. The predicted molar refractivity (Wildman–Crippen MR) is 72.7 cm³/mol. The monoisotopic (exact) mass is 309 g/mol. The van der Waals surface area contributed by atoms with Crippen molar-refractivity contribution in [1.82, 2.24) is 4.31 Å². The molecule has 0 N–H and O–H groups in total. The quantitative estimate of drug-likeness (QED) is 0.858. The lowest BCUT2D eigenvalue weighted by Gasteiger charge is -2.31. The van der Waals surface area contributed by atoms with Crippen LogP contribution in [0.25, 0.3) is 0 Å². The first kappa shape index (κ1) is 14.3. The van der Waals surface area contributed by atoms with Gasteiger partial charge in [-0.15, -0.1) is 11.3 Å². The van der Waals surface area contributed by atoms with Crippen molar-refractivity contribution in [3.8, 4) is 0 Å². The number of ether oxygens (including phenoxy) is 1. The molecule has 2 heterocycles. The van der Waals surface area contributed by atoms with Crippen molar-refractivity contribution in [2.45, 2.75) is 17.1 Å². The highest BCUT2D eigenvalue weighted by atomic mass is 35.5. The topological polar surface area (TPSA) is 46.6 Å². The summed E-state index contributed by atoms with van der Waals surface area (Å²) in [7, 11) is -1.74. The molecule has 0 bridgehead atoms. The van der Waals surface area contributed by atoms with Crippen molar-refractivity contribution in [3.63, 3.8) is 0 Å². The van der Waals surface area contributed by atoms with Crippen LogP contribution in [-0.2, 0) is 14.8 Å². The Labute approximate surface area is 117 Å². The van der Waals surface area contributed by atoms with E-state index in [0.29, 0.717) is 28.2 Å². The molecule has 1 aromatic heterocycles. The van der Waals surface area contributed by atoms with E-state index in [2.05, 4.69) is 0 Å². The van der Waals surface area contributed by atoms with Gasteiger partial charge in [0, 0.05) is 20.2 Å². The van der Waals surface area contributed by atoms with Crippen LogP contribution in [0.3, 0.4) is 0 Å². The van der Waals surface area contributed by atoms with Crippen LogP contribution in [0.1, 0.15) is 12.8 Å². The fourth-order valence-corrected chi connectivity index (χ4v) is 5.37. The number of methoxy groups -OCH3 is 1. The molecule has 0 saturated carbocycles. The fraction of sp³-hybridized carbons (Fsp3) is 0.636. The highest BCUT2D eigenvalue weighted by molar-refractivity contribution is 7.91. The second kappa shape index (κ2) is 5.88. The average Bonchev–Trinajstić information content (AvgIpc) is 2.77. The second-order valence-corrected chi connectivity index (χ2v) is 8.27. The van der Waals surface area contributed by atoms with Gasteiger partial charge in [0.05, 0.1) is 10.9 Å². The van der Waals surface area contributed by atoms with Crippen LogP contribution in [-0.4, -0.2) is 39.5 Å². The fourth-order valence-electron chi connectivity index (χ4n) is 2.18. The first-order valence-corrected chi connectivity index (χ1v) is 8.42. The average molecular weight is 310 g/mol. The molecule has 0 spiro atoms. The number of halogens is 1. The van der Waals surface area contributed by atoms with E-state index in [4.69, 9.17) is 16.3 Å². The Morgan fingerprint density at radius 3 is 2.94 bits per heavy atom. The van der Waals surface area contributed by atoms with E-state index in [9.17, 15) is 8.42 Å². The van der Waals surface area contributed by atoms with Crippen molar-refractivity contribution in [2.75, 3.05) is 26.8 Å². The predicted octanol–water partition coefficient (Wildman–Crippen LogP) is 2.45. The van der Waals surface area contributed by atoms with Gasteiger partial charge in [-0.2, -0.15) is 4.31 Å². The van der Waals surface area contributed by atoms with Crippen LogP contribution in [0.2, 0.25) is 4.34 Å². The van der Waals surface area contributed by atoms with Crippen LogP contribution >= 0.6 is 22.9 Å². The van der Waals surface area contributed by atoms with Gasteiger partial charge in [0.15, 0.2) is 0 Å². The summed E-state index contributed by atoms with van der Waals surface area (Å²) in [5.41, 5.74) is 0. The zero-order valence-electron chi connectivity index (χ0n) is 10.1. The minimum absolute atomic E-state index is 0.286. The Hall–Kier alpha value is -0.140. The van der Waals surface area contributed by atoms with Crippen molar-refractivity contribution in [2.24, 2.45) is 5.92 Å². The molecule has 0 radical (unpaired) electrons. The van der Waals surface area contributed by atoms with E-state index >= 15 is 0 Å². The summed E-state index contributed by atoms with van der Waals surface area (Å²) >= 11 is 6.91. The SMILES string of the molecule is COCC1CCCN(S(=O)(=O)c2ccc(Cl)s2)C1. The maximum Gasteiger partial charge on any atom is 0.252 e. The standard InChI is InChI=1S/C11H16ClNO3S2/c1-16-8-9-3-2-6-13(7-9)18(14,15)11-5-4-10(12)17-11/h4-5,9H,2-3,6-8H2,1H3. The van der Waals surface area contributed by atoms with Crippen molar-refractivity contribution in [1.29, 1.82) is 0 Å². The lowest BCUT2D eigenvalue weighted by atomic mass is 10.0. The largest absolute Gasteiger partial charge is 0.384 e. The molecule has 0 aromatic carbocycles. The smallest absolute Gasteiger partial charge is 0.252 e. The molecule has 0 amide bonds. The van der Waals surface area contributed by atoms with Crippen LogP contribution in [0.5, 0.6) is 0 Å². The molecular formula is C11H16ClNO3S2. The van der Waals surface area contributed by atoms with Crippen LogP contribution in [0.4, 0.5) is 0 Å². The zero-order chi connectivity index (χ0) is 13.2. The first-order valence-electron chi connectivity index (χ1n) is 5.78. The summed E-state index contributed by atoms with van der Waals surface area (Å²) in [6.07, 6.45) is 1.90. The van der Waals surface area contributed by atoms with Gasteiger partial charge in [0.25, 0.3) is 10.0 Å². The number of piperidine rings is 1. The molecule has 4 nitrogen and oxygen atoms in total. The van der Waals surface area contributed by atoms with Crippen molar-refractivity contribution < 1.29 is 13.2 Å². The first-order chi connectivity index (χ1) is 8.54. The number of rotatable bonds is 4. The summed E-state index contributed by atoms with van der Waals surface area (Å²) < 4.78 is 32.3. The Morgan fingerprint density at radius 2 is 2.33 bits per heavy atom. The summed E-state index contributed by atoms with van der Waals surface area (Å²) in [6.45, 7) is 1.72. The molecule has 1 fully saturated rings. The van der Waals surface area contributed by atoms with E-state index in [-0.39, 0.29) is 5.92 Å². The van der Waals surface area contributed by atoms with E-state index in [1.165, 1.54) is 0 Å². The van der Waals surface area contributed by atoms with Crippen LogP contribution in [0, 0.1) is 5.92 Å². The second-order valence-electron chi connectivity index (χ2n) is 4.39. The molecular weight excluding hydrogens is 294 g/mol. The number of hydrogen-bond acceptors (Lipinski definition) is 4. The van der Waals surface area contributed by atoms with Gasteiger partial charge in [-0.3, -0.25) is 0 Å². The van der Waals surface area contributed by atoms with Gasteiger partial charge in [0.2, 0.25) is 0 Å². The van der Waals surface area contributed by atoms with Gasteiger partial charge in [0.1, 0.15) is 4.21 Å². The summed E-state index contributed by atoms with van der Waals surface area (Å²) in [5, 5.41) is 0. The summed E-state index contributed by atoms with van der Waals surface area (Å²) in [5.74, 6) is 0.286. The third kappa shape index (κ3) is 3.05. The van der Waals surface area contributed by atoms with Crippen LogP contribution in [0.15, 0.2) is 16.3 Å². The molecule has 1 saturated heterocycles. The molecule has 1 aliphatic rings. The van der Waals surface area contributed by atoms with Gasteiger partial charge >= 0.3 is 0 Å². The molecule has 2 rings (SSSR count). The van der Waals surface area contributed by atoms with Crippen molar-refractivity contribution >= 4 is 33.0 Å². The number of sulfonamides is 1. The maximum absolute atomic E-state index is 12.4. The zero-order valence-corrected chi connectivity index (χ0v) is 12.5. The summed E-state index contributed by atoms with van der Waals surface area (Å²) in [4.78, 5) is 0. The molecule has 1 atom stereocenters. The molecule has 1 aromatic rings. The van der Waals surface area contributed by atoms with Gasteiger partial charge in [-0.1, -0.05) is 11.6 Å². The van der Waals surface area contributed by atoms with E-state index in [1.54, 1.807) is 23.5 Å². The third-order valence-electron chi connectivity index (χ3n) is 3.03. The Bertz CT molecular complexity index is 498. The Balaban J connectivity index is 2.15. The normalized spacial score (nSPS) is 22.2. The minimum Gasteiger partial charge on any atom is -0.384 e.